The van der Waals surface area contributed by atoms with Crippen LogP contribution in [0.2, 0.25) is 0 Å². The molecule has 0 atom stereocenters. The van der Waals surface area contributed by atoms with Gasteiger partial charge >= 0.3 is 0 Å². The first-order valence-electron chi connectivity index (χ1n) is 7.93. The summed E-state index contributed by atoms with van der Waals surface area (Å²) in [5.41, 5.74) is 1.67. The number of hydrogen-bond acceptors (Lipinski definition) is 4. The topological polar surface area (TPSA) is 84.5 Å². The van der Waals surface area contributed by atoms with Crippen LogP contribution in [0.5, 0.6) is 5.75 Å². The Kier molecular flexibility index (Phi) is 6.27. The number of carbonyl (C=O) groups excluding carboxylic acids is 3. The molecule has 0 radical (unpaired) electrons. The molecular formula is C20H20N2O4. The molecule has 26 heavy (non-hydrogen) atoms. The number of hydrogen-bond donors (Lipinski definition) is 2. The van der Waals surface area contributed by atoms with Crippen LogP contribution in [0.25, 0.3) is 0 Å². The van der Waals surface area contributed by atoms with Crippen LogP contribution in [0.1, 0.15) is 23.7 Å². The van der Waals surface area contributed by atoms with E-state index in [1.807, 2.05) is 0 Å². The maximum Gasteiger partial charge on any atom is 0.250 e. The van der Waals surface area contributed by atoms with Crippen LogP contribution in [0.15, 0.2) is 60.7 Å². The molecule has 2 amide bonds. The summed E-state index contributed by atoms with van der Waals surface area (Å²) in [5, 5.41) is 5.31. The summed E-state index contributed by atoms with van der Waals surface area (Å²) >= 11 is 0. The average molecular weight is 352 g/mol. The minimum absolute atomic E-state index is 0.284. The Morgan fingerprint density at radius 1 is 1.04 bits per heavy atom. The molecule has 0 aliphatic heterocycles. The molecule has 0 aliphatic rings. The van der Waals surface area contributed by atoms with Crippen molar-refractivity contribution in [2.75, 3.05) is 17.7 Å². The van der Waals surface area contributed by atoms with Crippen molar-refractivity contribution in [3.8, 4) is 5.75 Å². The van der Waals surface area contributed by atoms with Crippen molar-refractivity contribution in [1.82, 2.24) is 0 Å². The van der Waals surface area contributed by atoms with Crippen molar-refractivity contribution in [2.24, 2.45) is 0 Å². The molecule has 0 unspecified atom stereocenters. The number of anilines is 2. The van der Waals surface area contributed by atoms with Gasteiger partial charge in [-0.1, -0.05) is 36.9 Å². The summed E-state index contributed by atoms with van der Waals surface area (Å²) in [6.07, 6.45) is -0.296. The molecule has 0 heterocycles. The number of amides is 2. The van der Waals surface area contributed by atoms with Gasteiger partial charge in [-0.15, -0.1) is 0 Å². The van der Waals surface area contributed by atoms with Gasteiger partial charge in [-0.2, -0.15) is 0 Å². The van der Waals surface area contributed by atoms with Gasteiger partial charge in [0.25, 0.3) is 5.91 Å². The second-order valence-electron chi connectivity index (χ2n) is 5.66. The molecule has 2 rings (SSSR count). The lowest BCUT2D eigenvalue weighted by Crippen LogP contribution is -2.17. The predicted octanol–water partition coefficient (Wildman–Crippen LogP) is 3.42. The normalized spacial score (nSPS) is 9.92. The van der Waals surface area contributed by atoms with Crippen LogP contribution >= 0.6 is 0 Å². The van der Waals surface area contributed by atoms with Crippen molar-refractivity contribution in [1.29, 1.82) is 0 Å². The number of Topliss-reactive ketones (excluding diaryl/α,β-unsaturated/α-hetero) is 1. The number of ketones is 1. The van der Waals surface area contributed by atoms with Gasteiger partial charge in [-0.3, -0.25) is 14.4 Å². The Bertz CT molecular complexity index is 844. The second-order valence-corrected chi connectivity index (χ2v) is 5.66. The van der Waals surface area contributed by atoms with E-state index in [2.05, 4.69) is 17.2 Å². The molecule has 6 heteroatoms. The lowest BCUT2D eigenvalue weighted by atomic mass is 10.1. The molecule has 0 fully saturated rings. The Labute approximate surface area is 151 Å². The Hall–Kier alpha value is -3.41. The fourth-order valence-electron chi connectivity index (χ4n) is 2.19. The molecule has 0 aliphatic carbocycles. The van der Waals surface area contributed by atoms with Gasteiger partial charge in [-0.05, 0) is 25.1 Å². The van der Waals surface area contributed by atoms with E-state index >= 15 is 0 Å². The zero-order valence-corrected chi connectivity index (χ0v) is 14.7. The number of carbonyl (C=O) groups is 3. The van der Waals surface area contributed by atoms with Gasteiger partial charge in [0.1, 0.15) is 5.75 Å². The quantitative estimate of drug-likeness (QED) is 0.454. The monoisotopic (exact) mass is 352 g/mol. The maximum absolute atomic E-state index is 12.2. The third-order valence-electron chi connectivity index (χ3n) is 3.54. The SMILES string of the molecule is C=C(C)C(=O)Nc1ccc(OC)c(NC(=O)CC(=O)c2ccccc2)c1. The number of nitrogens with one attached hydrogen (secondary N) is 2. The van der Waals surface area contributed by atoms with Gasteiger partial charge in [0.05, 0.1) is 19.2 Å². The third kappa shape index (κ3) is 5.04. The van der Waals surface area contributed by atoms with E-state index in [-0.39, 0.29) is 18.1 Å². The van der Waals surface area contributed by atoms with Crippen LogP contribution < -0.4 is 15.4 Å². The summed E-state index contributed by atoms with van der Waals surface area (Å²) < 4.78 is 5.21. The van der Waals surface area contributed by atoms with Crippen molar-refractivity contribution in [3.63, 3.8) is 0 Å². The van der Waals surface area contributed by atoms with E-state index in [4.69, 9.17) is 4.74 Å². The van der Waals surface area contributed by atoms with Gasteiger partial charge in [0, 0.05) is 16.8 Å². The number of ether oxygens (including phenoxy) is 1. The Balaban J connectivity index is 2.11. The summed E-state index contributed by atoms with van der Waals surface area (Å²) in [7, 11) is 1.46. The molecule has 0 aromatic heterocycles. The number of benzene rings is 2. The van der Waals surface area contributed by atoms with Crippen molar-refractivity contribution >= 4 is 29.0 Å². The van der Waals surface area contributed by atoms with Crippen LogP contribution in [-0.4, -0.2) is 24.7 Å². The highest BCUT2D eigenvalue weighted by molar-refractivity contribution is 6.11. The van der Waals surface area contributed by atoms with E-state index < -0.39 is 5.91 Å². The van der Waals surface area contributed by atoms with Crippen LogP contribution in [-0.2, 0) is 9.59 Å². The molecule has 0 saturated heterocycles. The fraction of sp³-hybridized carbons (Fsp3) is 0.150. The maximum atomic E-state index is 12.2. The lowest BCUT2D eigenvalue weighted by molar-refractivity contribution is -0.115. The molecule has 2 aromatic rings. The highest BCUT2D eigenvalue weighted by atomic mass is 16.5. The van der Waals surface area contributed by atoms with Crippen molar-refractivity contribution in [3.05, 3.63) is 66.2 Å². The summed E-state index contributed by atoms with van der Waals surface area (Å²) in [4.78, 5) is 36.1. The van der Waals surface area contributed by atoms with Gasteiger partial charge < -0.3 is 15.4 Å². The van der Waals surface area contributed by atoms with Gasteiger partial charge in [0.2, 0.25) is 5.91 Å². The highest BCUT2D eigenvalue weighted by Gasteiger charge is 2.14. The van der Waals surface area contributed by atoms with Crippen LogP contribution in [0, 0.1) is 0 Å². The molecule has 0 spiro atoms. The van der Waals surface area contributed by atoms with Crippen LogP contribution in [0.4, 0.5) is 11.4 Å². The van der Waals surface area contributed by atoms with E-state index in [9.17, 15) is 14.4 Å². The fourth-order valence-corrected chi connectivity index (χ4v) is 2.19. The standard InChI is InChI=1S/C20H20N2O4/c1-13(2)20(25)21-15-9-10-18(26-3)16(11-15)22-19(24)12-17(23)14-7-5-4-6-8-14/h4-11H,1,12H2,2-3H3,(H,21,25)(H,22,24). The largest absolute Gasteiger partial charge is 0.495 e. The summed E-state index contributed by atoms with van der Waals surface area (Å²) in [6, 6.07) is 13.4. The zero-order chi connectivity index (χ0) is 19.1. The van der Waals surface area contributed by atoms with E-state index in [1.54, 1.807) is 55.5 Å². The molecular weight excluding hydrogens is 332 g/mol. The summed E-state index contributed by atoms with van der Waals surface area (Å²) in [6.45, 7) is 5.17. The second kappa shape index (κ2) is 8.62. The molecule has 0 bridgehead atoms. The third-order valence-corrected chi connectivity index (χ3v) is 3.54. The Morgan fingerprint density at radius 3 is 2.35 bits per heavy atom. The average Bonchev–Trinajstić information content (AvgIpc) is 2.62. The number of methoxy groups -OCH3 is 1. The highest BCUT2D eigenvalue weighted by Crippen LogP contribution is 2.28. The molecule has 0 saturated carbocycles. The van der Waals surface area contributed by atoms with Crippen molar-refractivity contribution < 1.29 is 19.1 Å². The molecule has 6 nitrogen and oxygen atoms in total. The lowest BCUT2D eigenvalue weighted by Gasteiger charge is -2.13. The van der Waals surface area contributed by atoms with Gasteiger partial charge in [0.15, 0.2) is 5.78 Å². The molecule has 2 N–H and O–H groups in total. The van der Waals surface area contributed by atoms with E-state index in [0.717, 1.165) is 0 Å². The van der Waals surface area contributed by atoms with Crippen molar-refractivity contribution in [2.45, 2.75) is 13.3 Å². The number of rotatable bonds is 7. The van der Waals surface area contributed by atoms with E-state index in [1.165, 1.54) is 7.11 Å². The van der Waals surface area contributed by atoms with Crippen LogP contribution in [0.3, 0.4) is 0 Å². The first kappa shape index (κ1) is 18.9. The molecule has 2 aromatic carbocycles. The van der Waals surface area contributed by atoms with Gasteiger partial charge in [-0.25, -0.2) is 0 Å². The van der Waals surface area contributed by atoms with E-state index in [0.29, 0.717) is 28.3 Å². The Morgan fingerprint density at radius 2 is 1.73 bits per heavy atom. The minimum atomic E-state index is -0.472. The first-order valence-corrected chi connectivity index (χ1v) is 7.93. The smallest absolute Gasteiger partial charge is 0.250 e. The predicted molar refractivity (Wildman–Crippen MR) is 100 cm³/mol. The summed E-state index contributed by atoms with van der Waals surface area (Å²) in [5.74, 6) is -0.667. The first-order chi connectivity index (χ1) is 12.4. The minimum Gasteiger partial charge on any atom is -0.495 e. The zero-order valence-electron chi connectivity index (χ0n) is 14.7. The molecule has 134 valence electrons.